The third-order valence-corrected chi connectivity index (χ3v) is 5.62. The maximum Gasteiger partial charge on any atom is 0.500 e. The molecule has 0 atom stereocenters. The molecule has 0 unspecified atom stereocenters. The average molecular weight is 277 g/mol. The summed E-state index contributed by atoms with van der Waals surface area (Å²) in [5.74, 6) is 0. The molecule has 0 rings (SSSR count). The van der Waals surface area contributed by atoms with E-state index in [9.17, 15) is 0 Å². The van der Waals surface area contributed by atoms with Gasteiger partial charge < -0.3 is 18.7 Å². The first-order valence-electron chi connectivity index (χ1n) is 6.71. The number of rotatable bonds is 9. The molecule has 0 spiro atoms. The molecular formula is C13H31NO3Si. The van der Waals surface area contributed by atoms with Gasteiger partial charge in [0.25, 0.3) is 0 Å². The molecule has 0 saturated carbocycles. The van der Waals surface area contributed by atoms with E-state index in [-0.39, 0.29) is 0 Å². The fourth-order valence-electron chi connectivity index (χ4n) is 1.50. The van der Waals surface area contributed by atoms with Crippen LogP contribution in [0.15, 0.2) is 0 Å². The van der Waals surface area contributed by atoms with Gasteiger partial charge in [-0.3, -0.25) is 0 Å². The zero-order valence-corrected chi connectivity index (χ0v) is 14.0. The molecule has 110 valence electrons. The zero-order chi connectivity index (χ0) is 14.4. The summed E-state index contributed by atoms with van der Waals surface area (Å²) in [5, 5.41) is 7.07. The summed E-state index contributed by atoms with van der Waals surface area (Å²) in [7, 11) is 2.68. The zero-order valence-electron chi connectivity index (χ0n) is 13.0. The van der Waals surface area contributed by atoms with Crippen molar-refractivity contribution in [2.45, 2.75) is 58.9 Å². The van der Waals surface area contributed by atoms with Crippen LogP contribution in [-0.2, 0) is 13.3 Å². The van der Waals surface area contributed by atoms with E-state index in [1.807, 2.05) is 6.92 Å². The molecule has 0 aliphatic heterocycles. The van der Waals surface area contributed by atoms with E-state index in [1.54, 1.807) is 21.3 Å². The van der Waals surface area contributed by atoms with Crippen molar-refractivity contribution in [3.8, 4) is 0 Å². The summed E-state index contributed by atoms with van der Waals surface area (Å²) in [4.78, 5) is 0. The minimum Gasteiger partial charge on any atom is -0.377 e. The predicted molar refractivity (Wildman–Crippen MR) is 79.4 cm³/mol. The Kier molecular flexibility index (Phi) is 14.7. The lowest BCUT2D eigenvalue weighted by molar-refractivity contribution is 0.123. The van der Waals surface area contributed by atoms with Crippen molar-refractivity contribution in [3.05, 3.63) is 0 Å². The van der Waals surface area contributed by atoms with Gasteiger partial charge in [0, 0.05) is 33.1 Å². The largest absolute Gasteiger partial charge is 0.500 e. The molecule has 0 aromatic rings. The molecule has 5 heteroatoms. The fraction of sp³-hybridized carbons (Fsp3) is 0.923. The third-order valence-electron chi connectivity index (χ3n) is 2.64. The lowest BCUT2D eigenvalue weighted by atomic mass is 10.1. The lowest BCUT2D eigenvalue weighted by Gasteiger charge is -2.23. The second-order valence-electron chi connectivity index (χ2n) is 4.28. The SMILES string of the molecule is CCCCCC(C)=N.CCC[Si](OC)(OC)OC. The van der Waals surface area contributed by atoms with Gasteiger partial charge in [-0.1, -0.05) is 33.1 Å². The molecule has 0 aromatic carbocycles. The van der Waals surface area contributed by atoms with Crippen LogP contribution in [0.2, 0.25) is 6.04 Å². The van der Waals surface area contributed by atoms with Crippen LogP contribution in [0.3, 0.4) is 0 Å². The van der Waals surface area contributed by atoms with Gasteiger partial charge in [0.15, 0.2) is 0 Å². The van der Waals surface area contributed by atoms with Crippen molar-refractivity contribution >= 4 is 14.5 Å². The van der Waals surface area contributed by atoms with Gasteiger partial charge in [0.1, 0.15) is 0 Å². The standard InChI is InChI=1S/C7H15N.C6H16O3Si/c1-3-4-5-6-7(2)8;1-5-6-10(7-2,8-3)9-4/h8H,3-6H2,1-2H3;5-6H2,1-4H3. The van der Waals surface area contributed by atoms with Crippen LogP contribution in [0.1, 0.15) is 52.9 Å². The Balaban J connectivity index is 0. The summed E-state index contributed by atoms with van der Waals surface area (Å²) < 4.78 is 15.5. The van der Waals surface area contributed by atoms with Crippen molar-refractivity contribution in [2.75, 3.05) is 21.3 Å². The van der Waals surface area contributed by atoms with Crippen LogP contribution < -0.4 is 0 Å². The smallest absolute Gasteiger partial charge is 0.377 e. The van der Waals surface area contributed by atoms with Gasteiger partial charge in [-0.15, -0.1) is 0 Å². The Morgan fingerprint density at radius 2 is 1.44 bits per heavy atom. The average Bonchev–Trinajstić information content (AvgIpc) is 2.37. The molecule has 0 radical (unpaired) electrons. The van der Waals surface area contributed by atoms with Crippen molar-refractivity contribution in [3.63, 3.8) is 0 Å². The summed E-state index contributed by atoms with van der Waals surface area (Å²) in [6.45, 7) is 6.13. The van der Waals surface area contributed by atoms with E-state index < -0.39 is 8.80 Å². The first-order valence-corrected chi connectivity index (χ1v) is 8.64. The Bertz CT molecular complexity index is 188. The van der Waals surface area contributed by atoms with E-state index in [0.29, 0.717) is 0 Å². The van der Waals surface area contributed by atoms with Crippen LogP contribution >= 0.6 is 0 Å². The van der Waals surface area contributed by atoms with E-state index in [0.717, 1.165) is 24.6 Å². The summed E-state index contributed by atoms with van der Waals surface area (Å²) in [6, 6.07) is 0.885. The van der Waals surface area contributed by atoms with Crippen molar-refractivity contribution in [2.24, 2.45) is 0 Å². The number of hydrogen-bond acceptors (Lipinski definition) is 4. The number of unbranched alkanes of at least 4 members (excludes halogenated alkanes) is 2. The second-order valence-corrected chi connectivity index (χ2v) is 7.37. The van der Waals surface area contributed by atoms with Crippen LogP contribution in [0.4, 0.5) is 0 Å². The molecule has 0 amide bonds. The highest BCUT2D eigenvalue weighted by atomic mass is 28.4. The Morgan fingerprint density at radius 1 is 0.944 bits per heavy atom. The molecule has 1 N–H and O–H groups in total. The summed E-state index contributed by atoms with van der Waals surface area (Å²) >= 11 is 0. The highest BCUT2D eigenvalue weighted by molar-refractivity contribution is 6.60. The Morgan fingerprint density at radius 3 is 1.67 bits per heavy atom. The van der Waals surface area contributed by atoms with Crippen LogP contribution in [0.25, 0.3) is 0 Å². The maximum atomic E-state index is 7.07. The molecule has 0 saturated heterocycles. The molecule has 0 fully saturated rings. The molecule has 0 heterocycles. The van der Waals surface area contributed by atoms with E-state index in [4.69, 9.17) is 18.7 Å². The maximum absolute atomic E-state index is 7.07. The minimum atomic E-state index is -2.22. The third kappa shape index (κ3) is 10.9. The highest BCUT2D eigenvalue weighted by Crippen LogP contribution is 2.13. The summed E-state index contributed by atoms with van der Waals surface area (Å²) in [6.07, 6.45) is 5.75. The van der Waals surface area contributed by atoms with Crippen LogP contribution in [0.5, 0.6) is 0 Å². The molecule has 0 bridgehead atoms. The van der Waals surface area contributed by atoms with E-state index in [2.05, 4.69) is 13.8 Å². The molecule has 4 nitrogen and oxygen atoms in total. The first kappa shape index (κ1) is 20.1. The topological polar surface area (TPSA) is 51.5 Å². The molecule has 0 aliphatic rings. The minimum absolute atomic E-state index is 0.818. The van der Waals surface area contributed by atoms with Gasteiger partial charge in [-0.25, -0.2) is 0 Å². The quantitative estimate of drug-likeness (QED) is 0.395. The van der Waals surface area contributed by atoms with Gasteiger partial charge in [-0.2, -0.15) is 0 Å². The van der Waals surface area contributed by atoms with Gasteiger partial charge in [-0.05, 0) is 19.8 Å². The van der Waals surface area contributed by atoms with Crippen molar-refractivity contribution < 1.29 is 13.3 Å². The van der Waals surface area contributed by atoms with Crippen LogP contribution in [0, 0.1) is 5.41 Å². The monoisotopic (exact) mass is 277 g/mol. The van der Waals surface area contributed by atoms with Gasteiger partial charge in [0.05, 0.1) is 0 Å². The Labute approximate surface area is 114 Å². The van der Waals surface area contributed by atoms with Crippen molar-refractivity contribution in [1.29, 1.82) is 5.41 Å². The fourth-order valence-corrected chi connectivity index (χ4v) is 3.23. The normalized spacial score (nSPS) is 10.8. The molecule has 0 aliphatic carbocycles. The second kappa shape index (κ2) is 13.2. The first-order chi connectivity index (χ1) is 8.51. The molecule has 0 aromatic heterocycles. The lowest BCUT2D eigenvalue weighted by Crippen LogP contribution is -2.42. The molecule has 18 heavy (non-hydrogen) atoms. The highest BCUT2D eigenvalue weighted by Gasteiger charge is 2.36. The van der Waals surface area contributed by atoms with E-state index in [1.165, 1.54) is 19.3 Å². The van der Waals surface area contributed by atoms with Gasteiger partial charge in [0.2, 0.25) is 0 Å². The predicted octanol–water partition coefficient (Wildman–Crippen LogP) is 3.88. The van der Waals surface area contributed by atoms with Crippen LogP contribution in [-0.4, -0.2) is 35.8 Å². The Hall–Kier alpha value is -0.233. The summed E-state index contributed by atoms with van der Waals surface area (Å²) in [5.41, 5.74) is 0.818. The molecular weight excluding hydrogens is 246 g/mol. The number of hydrogen-bond donors (Lipinski definition) is 1. The van der Waals surface area contributed by atoms with Crippen molar-refractivity contribution in [1.82, 2.24) is 0 Å². The van der Waals surface area contributed by atoms with E-state index >= 15 is 0 Å². The van der Waals surface area contributed by atoms with Gasteiger partial charge >= 0.3 is 8.80 Å². The number of nitrogens with one attached hydrogen (secondary N) is 1.